The van der Waals surface area contributed by atoms with Crippen LogP contribution in [0.2, 0.25) is 0 Å². The van der Waals surface area contributed by atoms with E-state index in [0.29, 0.717) is 11.8 Å². The number of fused-ring (bicyclic) bond motifs is 1. The Morgan fingerprint density at radius 2 is 1.96 bits per heavy atom. The van der Waals surface area contributed by atoms with E-state index >= 15 is 0 Å². The highest BCUT2D eigenvalue weighted by molar-refractivity contribution is 5.21. The highest BCUT2D eigenvalue weighted by Crippen LogP contribution is 2.48. The summed E-state index contributed by atoms with van der Waals surface area (Å²) in [5.74, 6) is 1.31. The standard InChI is InChI=1S/C25H45NO2/c1-5-6-8-12-21(27)13-14-22-23-17-19(16-20(23)18-24(22)28)11-9-7-10-15-26-25(2,3)4/h13-14,16,20-24,26-28H,5-12,15,17-18H2,1-4H3/b14-13+/t20-,21-,22+,23-,24+/m0/s1. The average Bonchev–Trinajstić information content (AvgIpc) is 3.12. The van der Waals surface area contributed by atoms with E-state index in [1.807, 2.05) is 6.08 Å². The Bertz CT molecular complexity index is 505. The minimum absolute atomic E-state index is 0.218. The van der Waals surface area contributed by atoms with Crippen molar-refractivity contribution in [3.8, 4) is 0 Å². The molecule has 0 heterocycles. The van der Waals surface area contributed by atoms with Gasteiger partial charge in [0.1, 0.15) is 0 Å². The molecule has 1 fully saturated rings. The summed E-state index contributed by atoms with van der Waals surface area (Å²) >= 11 is 0. The van der Waals surface area contributed by atoms with Crippen LogP contribution in [0.25, 0.3) is 0 Å². The lowest BCUT2D eigenvalue weighted by atomic mass is 9.88. The zero-order valence-electron chi connectivity index (χ0n) is 18.8. The van der Waals surface area contributed by atoms with E-state index in [0.717, 1.165) is 32.2 Å². The molecule has 3 nitrogen and oxygen atoms in total. The summed E-state index contributed by atoms with van der Waals surface area (Å²) in [5, 5.41) is 24.2. The third-order valence-corrected chi connectivity index (χ3v) is 6.44. The van der Waals surface area contributed by atoms with Crippen LogP contribution < -0.4 is 5.32 Å². The fourth-order valence-corrected chi connectivity index (χ4v) is 4.86. The second kappa shape index (κ2) is 11.5. The first-order valence-corrected chi connectivity index (χ1v) is 11.8. The van der Waals surface area contributed by atoms with Gasteiger partial charge in [-0.05, 0) is 77.7 Å². The number of nitrogens with one attached hydrogen (secondary N) is 1. The molecule has 0 spiro atoms. The van der Waals surface area contributed by atoms with Gasteiger partial charge in [0.25, 0.3) is 0 Å². The van der Waals surface area contributed by atoms with E-state index in [9.17, 15) is 10.2 Å². The van der Waals surface area contributed by atoms with Crippen molar-refractivity contribution in [2.24, 2.45) is 17.8 Å². The van der Waals surface area contributed by atoms with Gasteiger partial charge in [-0.1, -0.05) is 56.4 Å². The fraction of sp³-hybridized carbons (Fsp3) is 0.840. The van der Waals surface area contributed by atoms with Gasteiger partial charge in [-0.2, -0.15) is 0 Å². The second-order valence-electron chi connectivity index (χ2n) is 10.2. The van der Waals surface area contributed by atoms with Crippen LogP contribution in [-0.2, 0) is 0 Å². The monoisotopic (exact) mass is 391 g/mol. The van der Waals surface area contributed by atoms with Gasteiger partial charge in [-0.25, -0.2) is 0 Å². The quantitative estimate of drug-likeness (QED) is 0.309. The molecule has 2 rings (SSSR count). The molecule has 0 aromatic rings. The van der Waals surface area contributed by atoms with Gasteiger partial charge in [0.2, 0.25) is 0 Å². The predicted molar refractivity (Wildman–Crippen MR) is 119 cm³/mol. The van der Waals surface area contributed by atoms with Crippen molar-refractivity contribution in [3.05, 3.63) is 23.8 Å². The van der Waals surface area contributed by atoms with Gasteiger partial charge < -0.3 is 15.5 Å². The molecule has 3 heteroatoms. The van der Waals surface area contributed by atoms with Gasteiger partial charge in [0, 0.05) is 11.5 Å². The van der Waals surface area contributed by atoms with Crippen molar-refractivity contribution < 1.29 is 10.2 Å². The number of rotatable bonds is 12. The van der Waals surface area contributed by atoms with E-state index < -0.39 is 0 Å². The maximum atomic E-state index is 10.5. The third-order valence-electron chi connectivity index (χ3n) is 6.44. The molecule has 0 amide bonds. The van der Waals surface area contributed by atoms with E-state index in [4.69, 9.17) is 0 Å². The Morgan fingerprint density at radius 1 is 1.18 bits per heavy atom. The summed E-state index contributed by atoms with van der Waals surface area (Å²) in [4.78, 5) is 0. The molecule has 0 saturated heterocycles. The fourth-order valence-electron chi connectivity index (χ4n) is 4.86. The molecule has 0 aliphatic heterocycles. The number of allylic oxidation sites excluding steroid dienone is 2. The van der Waals surface area contributed by atoms with E-state index in [1.165, 1.54) is 38.5 Å². The van der Waals surface area contributed by atoms with Crippen LogP contribution in [0, 0.1) is 17.8 Å². The maximum absolute atomic E-state index is 10.5. The van der Waals surface area contributed by atoms with Crippen molar-refractivity contribution in [1.29, 1.82) is 0 Å². The van der Waals surface area contributed by atoms with Gasteiger partial charge >= 0.3 is 0 Å². The SMILES string of the molecule is CCCCC[C@H](O)/C=C/[C@@H]1[C@H]2CC(CCCCCNC(C)(C)C)=C[C@H]2C[C@H]1O. The van der Waals surface area contributed by atoms with Crippen LogP contribution in [0.3, 0.4) is 0 Å². The number of unbranched alkanes of at least 4 members (excludes halogenated alkanes) is 4. The number of aliphatic hydroxyl groups excluding tert-OH is 2. The Hall–Kier alpha value is -0.640. The molecular weight excluding hydrogens is 346 g/mol. The van der Waals surface area contributed by atoms with Crippen LogP contribution in [0.4, 0.5) is 0 Å². The topological polar surface area (TPSA) is 52.5 Å². The minimum Gasteiger partial charge on any atom is -0.392 e. The summed E-state index contributed by atoms with van der Waals surface area (Å²) in [6, 6.07) is 0. The molecule has 0 bridgehead atoms. The Balaban J connectivity index is 1.70. The zero-order chi connectivity index (χ0) is 20.6. The molecule has 0 aromatic heterocycles. The Labute approximate surface area is 173 Å². The predicted octanol–water partition coefficient (Wildman–Crippen LogP) is 5.38. The maximum Gasteiger partial charge on any atom is 0.0721 e. The molecule has 3 N–H and O–H groups in total. The van der Waals surface area contributed by atoms with E-state index in [2.05, 4.69) is 45.2 Å². The van der Waals surface area contributed by atoms with Crippen molar-refractivity contribution in [1.82, 2.24) is 5.32 Å². The molecule has 0 aromatic carbocycles. The molecule has 0 radical (unpaired) electrons. The number of aliphatic hydroxyl groups is 2. The normalized spacial score (nSPS) is 28.7. The summed E-state index contributed by atoms with van der Waals surface area (Å²) < 4.78 is 0. The summed E-state index contributed by atoms with van der Waals surface area (Å²) in [7, 11) is 0. The first-order chi connectivity index (χ1) is 13.3. The highest BCUT2D eigenvalue weighted by atomic mass is 16.3. The molecular formula is C25H45NO2. The van der Waals surface area contributed by atoms with Crippen LogP contribution >= 0.6 is 0 Å². The molecule has 2 aliphatic carbocycles. The Morgan fingerprint density at radius 3 is 2.68 bits per heavy atom. The first-order valence-electron chi connectivity index (χ1n) is 11.8. The second-order valence-corrected chi connectivity index (χ2v) is 10.2. The molecule has 0 unspecified atom stereocenters. The van der Waals surface area contributed by atoms with Crippen LogP contribution in [0.15, 0.2) is 23.8 Å². The zero-order valence-corrected chi connectivity index (χ0v) is 18.8. The lowest BCUT2D eigenvalue weighted by Crippen LogP contribution is -2.36. The average molecular weight is 392 g/mol. The molecule has 28 heavy (non-hydrogen) atoms. The lowest BCUT2D eigenvalue weighted by Gasteiger charge is -2.20. The number of hydrogen-bond acceptors (Lipinski definition) is 3. The molecule has 1 saturated carbocycles. The number of hydrogen-bond donors (Lipinski definition) is 3. The molecule has 162 valence electrons. The first kappa shape index (κ1) is 23.6. The van der Waals surface area contributed by atoms with Gasteiger partial charge in [-0.15, -0.1) is 0 Å². The minimum atomic E-state index is -0.353. The largest absolute Gasteiger partial charge is 0.392 e. The van der Waals surface area contributed by atoms with Crippen molar-refractivity contribution in [2.45, 2.75) is 110 Å². The van der Waals surface area contributed by atoms with E-state index in [1.54, 1.807) is 5.57 Å². The molecule has 5 atom stereocenters. The van der Waals surface area contributed by atoms with Crippen LogP contribution in [-0.4, -0.2) is 34.5 Å². The smallest absolute Gasteiger partial charge is 0.0721 e. The van der Waals surface area contributed by atoms with Crippen LogP contribution in [0.1, 0.15) is 91.9 Å². The summed E-state index contributed by atoms with van der Waals surface area (Å²) in [5.41, 5.74) is 1.82. The Kier molecular flexibility index (Phi) is 9.73. The van der Waals surface area contributed by atoms with Gasteiger partial charge in [-0.3, -0.25) is 0 Å². The third kappa shape index (κ3) is 8.00. The van der Waals surface area contributed by atoms with E-state index in [-0.39, 0.29) is 23.7 Å². The summed E-state index contributed by atoms with van der Waals surface area (Å²) in [6.45, 7) is 9.95. The van der Waals surface area contributed by atoms with Crippen molar-refractivity contribution >= 4 is 0 Å². The lowest BCUT2D eigenvalue weighted by molar-refractivity contribution is 0.139. The van der Waals surface area contributed by atoms with Gasteiger partial charge in [0.15, 0.2) is 0 Å². The van der Waals surface area contributed by atoms with Gasteiger partial charge in [0.05, 0.1) is 12.2 Å². The summed E-state index contributed by atoms with van der Waals surface area (Å²) in [6.07, 6.45) is 17.3. The highest BCUT2D eigenvalue weighted by Gasteiger charge is 2.43. The molecule has 2 aliphatic rings. The van der Waals surface area contributed by atoms with Crippen molar-refractivity contribution in [3.63, 3.8) is 0 Å². The van der Waals surface area contributed by atoms with Crippen LogP contribution in [0.5, 0.6) is 0 Å². The van der Waals surface area contributed by atoms with Crippen molar-refractivity contribution in [2.75, 3.05) is 6.54 Å².